The molecule has 0 N–H and O–H groups in total. The first-order valence-electron chi connectivity index (χ1n) is 13.4. The number of hydrogen-bond donors (Lipinski definition) is 0. The Morgan fingerprint density at radius 3 is 1.38 bits per heavy atom. The third-order valence-corrected chi connectivity index (χ3v) is 6.58. The van der Waals surface area contributed by atoms with Crippen LogP contribution in [0.25, 0.3) is 0 Å². The first-order valence-corrected chi connectivity index (χ1v) is 13.4. The molecule has 0 heteroatoms. The summed E-state index contributed by atoms with van der Waals surface area (Å²) < 4.78 is 0. The number of rotatable bonds is 20. The first kappa shape index (κ1) is 26.3. The zero-order valence-electron chi connectivity index (χ0n) is 20.4. The largest absolute Gasteiger partial charge is 0.0654 e. The Morgan fingerprint density at radius 2 is 0.862 bits per heavy atom. The fraction of sp³-hybridized carbons (Fsp3) is 0.793. The van der Waals surface area contributed by atoms with E-state index in [0.29, 0.717) is 0 Å². The van der Waals surface area contributed by atoms with Gasteiger partial charge in [-0.3, -0.25) is 0 Å². The molecule has 29 heavy (non-hydrogen) atoms. The van der Waals surface area contributed by atoms with Crippen LogP contribution in [0.2, 0.25) is 0 Å². The highest BCUT2D eigenvalue weighted by Gasteiger charge is 2.07. The van der Waals surface area contributed by atoms with Crippen molar-refractivity contribution in [3.63, 3.8) is 0 Å². The van der Waals surface area contributed by atoms with E-state index in [9.17, 15) is 0 Å². The van der Waals surface area contributed by atoms with Gasteiger partial charge in [0, 0.05) is 0 Å². The van der Waals surface area contributed by atoms with Crippen LogP contribution in [0.4, 0.5) is 0 Å². The van der Waals surface area contributed by atoms with Crippen molar-refractivity contribution in [3.05, 3.63) is 34.9 Å². The summed E-state index contributed by atoms with van der Waals surface area (Å²) >= 11 is 0. The third kappa shape index (κ3) is 13.2. The van der Waals surface area contributed by atoms with E-state index in [1.807, 2.05) is 0 Å². The Bertz CT molecular complexity index is 473. The lowest BCUT2D eigenvalue weighted by atomic mass is 9.91. The summed E-state index contributed by atoms with van der Waals surface area (Å²) in [6.45, 7) is 6.93. The van der Waals surface area contributed by atoms with Gasteiger partial charge in [-0.15, -0.1) is 0 Å². The quantitative estimate of drug-likeness (QED) is 0.191. The molecule has 168 valence electrons. The molecule has 0 unspecified atom stereocenters. The molecule has 0 atom stereocenters. The SMILES string of the molecule is CCCCCCCCCCCCCCCc1cccc(CC)c1CCCCCC. The lowest BCUT2D eigenvalue weighted by Gasteiger charge is -2.14. The molecule has 0 amide bonds. The second kappa shape index (κ2) is 19.2. The summed E-state index contributed by atoms with van der Waals surface area (Å²) in [4.78, 5) is 0. The monoisotopic (exact) mass is 400 g/mol. The Morgan fingerprint density at radius 1 is 0.448 bits per heavy atom. The van der Waals surface area contributed by atoms with Gasteiger partial charge >= 0.3 is 0 Å². The fourth-order valence-electron chi connectivity index (χ4n) is 4.64. The Hall–Kier alpha value is -0.780. The van der Waals surface area contributed by atoms with Crippen LogP contribution in [-0.4, -0.2) is 0 Å². The molecule has 0 aromatic heterocycles. The van der Waals surface area contributed by atoms with Gasteiger partial charge in [0.2, 0.25) is 0 Å². The minimum Gasteiger partial charge on any atom is -0.0654 e. The van der Waals surface area contributed by atoms with Crippen LogP contribution in [-0.2, 0) is 19.3 Å². The van der Waals surface area contributed by atoms with E-state index in [-0.39, 0.29) is 0 Å². The van der Waals surface area contributed by atoms with E-state index >= 15 is 0 Å². The third-order valence-electron chi connectivity index (χ3n) is 6.58. The number of aryl methyl sites for hydroxylation is 2. The molecule has 0 radical (unpaired) electrons. The molecule has 0 fully saturated rings. The van der Waals surface area contributed by atoms with Crippen LogP contribution in [0, 0.1) is 0 Å². The average molecular weight is 401 g/mol. The highest BCUT2D eigenvalue weighted by molar-refractivity contribution is 5.35. The first-order chi connectivity index (χ1) is 14.3. The number of unbranched alkanes of at least 4 members (excludes halogenated alkanes) is 15. The van der Waals surface area contributed by atoms with Crippen LogP contribution in [0.3, 0.4) is 0 Å². The molecule has 0 spiro atoms. The van der Waals surface area contributed by atoms with E-state index in [2.05, 4.69) is 39.0 Å². The highest BCUT2D eigenvalue weighted by atomic mass is 14.1. The van der Waals surface area contributed by atoms with Crippen molar-refractivity contribution in [2.45, 2.75) is 149 Å². The predicted octanol–water partition coefficient (Wildman–Crippen LogP) is 10.0. The number of benzene rings is 1. The molecule has 1 aromatic carbocycles. The van der Waals surface area contributed by atoms with Crippen molar-refractivity contribution in [2.24, 2.45) is 0 Å². The van der Waals surface area contributed by atoms with E-state index in [4.69, 9.17) is 0 Å². The molecule has 0 aliphatic rings. The topological polar surface area (TPSA) is 0 Å². The molecule has 1 aromatic rings. The summed E-state index contributed by atoms with van der Waals surface area (Å²) in [7, 11) is 0. The van der Waals surface area contributed by atoms with E-state index in [1.165, 1.54) is 128 Å². The maximum atomic E-state index is 2.41. The van der Waals surface area contributed by atoms with Gasteiger partial charge in [-0.25, -0.2) is 0 Å². The van der Waals surface area contributed by atoms with E-state index in [1.54, 1.807) is 16.7 Å². The van der Waals surface area contributed by atoms with Crippen LogP contribution < -0.4 is 0 Å². The summed E-state index contributed by atoms with van der Waals surface area (Å²) in [5.41, 5.74) is 4.96. The van der Waals surface area contributed by atoms with Crippen LogP contribution in [0.1, 0.15) is 147 Å². The molecule has 0 bridgehead atoms. The Balaban J connectivity index is 2.13. The lowest BCUT2D eigenvalue weighted by molar-refractivity contribution is 0.539. The summed E-state index contributed by atoms with van der Waals surface area (Å²) in [5, 5.41) is 0. The van der Waals surface area contributed by atoms with Crippen LogP contribution in [0.15, 0.2) is 18.2 Å². The van der Waals surface area contributed by atoms with Gasteiger partial charge in [-0.05, 0) is 48.8 Å². The second-order valence-corrected chi connectivity index (χ2v) is 9.21. The zero-order valence-corrected chi connectivity index (χ0v) is 20.4. The van der Waals surface area contributed by atoms with Crippen molar-refractivity contribution in [1.29, 1.82) is 0 Å². The van der Waals surface area contributed by atoms with Crippen molar-refractivity contribution in [2.75, 3.05) is 0 Å². The van der Waals surface area contributed by atoms with Gasteiger partial charge in [-0.2, -0.15) is 0 Å². The maximum absolute atomic E-state index is 2.41. The number of hydrogen-bond acceptors (Lipinski definition) is 0. The van der Waals surface area contributed by atoms with Crippen molar-refractivity contribution in [1.82, 2.24) is 0 Å². The van der Waals surface area contributed by atoms with Gasteiger partial charge < -0.3 is 0 Å². The van der Waals surface area contributed by atoms with Crippen molar-refractivity contribution in [3.8, 4) is 0 Å². The Kier molecular flexibility index (Phi) is 17.4. The molecular formula is C29H52. The second-order valence-electron chi connectivity index (χ2n) is 9.21. The maximum Gasteiger partial charge on any atom is -0.0273 e. The molecule has 0 nitrogen and oxygen atoms in total. The highest BCUT2D eigenvalue weighted by Crippen LogP contribution is 2.22. The lowest BCUT2D eigenvalue weighted by Crippen LogP contribution is -2.00. The average Bonchev–Trinajstić information content (AvgIpc) is 2.75. The van der Waals surface area contributed by atoms with Crippen molar-refractivity contribution < 1.29 is 0 Å². The van der Waals surface area contributed by atoms with Gasteiger partial charge in [0.1, 0.15) is 0 Å². The van der Waals surface area contributed by atoms with Gasteiger partial charge in [0.25, 0.3) is 0 Å². The normalized spacial score (nSPS) is 11.3. The summed E-state index contributed by atoms with van der Waals surface area (Å²) in [6.07, 6.45) is 28.0. The molecule has 0 saturated heterocycles. The van der Waals surface area contributed by atoms with Crippen molar-refractivity contribution >= 4 is 0 Å². The van der Waals surface area contributed by atoms with Gasteiger partial charge in [0.05, 0.1) is 0 Å². The zero-order chi connectivity index (χ0) is 21.0. The summed E-state index contributed by atoms with van der Waals surface area (Å²) in [5.74, 6) is 0. The molecule has 0 aliphatic heterocycles. The molecule has 0 heterocycles. The molecule has 1 rings (SSSR count). The smallest absolute Gasteiger partial charge is 0.0273 e. The van der Waals surface area contributed by atoms with Crippen LogP contribution in [0.5, 0.6) is 0 Å². The van der Waals surface area contributed by atoms with E-state index in [0.717, 1.165) is 0 Å². The van der Waals surface area contributed by atoms with E-state index < -0.39 is 0 Å². The molecular weight excluding hydrogens is 348 g/mol. The Labute approximate surface area is 184 Å². The minimum atomic E-state index is 1.19. The van der Waals surface area contributed by atoms with Crippen LogP contribution >= 0.6 is 0 Å². The standard InChI is InChI=1S/C29H52/c1-4-7-9-11-12-13-14-15-16-17-18-19-20-23-28-25-22-24-27(6-3)29(28)26-21-10-8-5-2/h22,24-25H,4-21,23,26H2,1-3H3. The molecule has 0 saturated carbocycles. The minimum absolute atomic E-state index is 1.19. The predicted molar refractivity (Wildman–Crippen MR) is 133 cm³/mol. The van der Waals surface area contributed by atoms with Gasteiger partial charge in [0.15, 0.2) is 0 Å². The summed E-state index contributed by atoms with van der Waals surface area (Å²) in [6, 6.07) is 7.07. The van der Waals surface area contributed by atoms with Gasteiger partial charge in [-0.1, -0.05) is 135 Å². The fourth-order valence-corrected chi connectivity index (χ4v) is 4.64. The molecule has 0 aliphatic carbocycles.